The van der Waals surface area contributed by atoms with Crippen molar-refractivity contribution in [3.8, 4) is 0 Å². The summed E-state index contributed by atoms with van der Waals surface area (Å²) >= 11 is 0. The van der Waals surface area contributed by atoms with Gasteiger partial charge in [-0.1, -0.05) is 26.0 Å². The van der Waals surface area contributed by atoms with Gasteiger partial charge in [0.2, 0.25) is 0 Å². The fourth-order valence-electron chi connectivity index (χ4n) is 1.77. The lowest BCUT2D eigenvalue weighted by Gasteiger charge is -2.25. The molecule has 74 valence electrons. The molecule has 0 heterocycles. The van der Waals surface area contributed by atoms with Crippen molar-refractivity contribution in [2.24, 2.45) is 17.8 Å². The second-order valence-electron chi connectivity index (χ2n) is 4.03. The van der Waals surface area contributed by atoms with Crippen LogP contribution in [0.15, 0.2) is 12.2 Å². The van der Waals surface area contributed by atoms with E-state index in [0.29, 0.717) is 11.8 Å². The number of methoxy groups -OCH3 is 1. The molecule has 2 nitrogen and oxygen atoms in total. The number of hydrogen-bond acceptors (Lipinski definition) is 2. The van der Waals surface area contributed by atoms with E-state index in [0.717, 1.165) is 12.8 Å². The molecule has 13 heavy (non-hydrogen) atoms. The van der Waals surface area contributed by atoms with E-state index in [1.807, 2.05) is 0 Å². The number of allylic oxidation sites excluding steroid dienone is 2. The van der Waals surface area contributed by atoms with Gasteiger partial charge in [0.15, 0.2) is 0 Å². The molecule has 0 aromatic rings. The predicted molar refractivity (Wildman–Crippen MR) is 52.2 cm³/mol. The van der Waals surface area contributed by atoms with Gasteiger partial charge < -0.3 is 4.74 Å². The molecule has 1 rings (SSSR count). The summed E-state index contributed by atoms with van der Waals surface area (Å²) in [5.74, 6) is 1.18. The SMILES string of the molecule is COC(=O)[C@H]1CC=C[C@H](C(C)C)C1. The largest absolute Gasteiger partial charge is 0.469 e. The third-order valence-electron chi connectivity index (χ3n) is 2.75. The van der Waals surface area contributed by atoms with Crippen LogP contribution in [0, 0.1) is 17.8 Å². The standard InChI is InChI=1S/C11H18O2/c1-8(2)9-5-4-6-10(7-9)11(12)13-3/h4-5,8-10H,6-7H2,1-3H3/t9-,10-/m0/s1. The fourth-order valence-corrected chi connectivity index (χ4v) is 1.77. The van der Waals surface area contributed by atoms with Gasteiger partial charge in [0, 0.05) is 0 Å². The van der Waals surface area contributed by atoms with Crippen LogP contribution in [0.25, 0.3) is 0 Å². The van der Waals surface area contributed by atoms with Gasteiger partial charge in [-0.3, -0.25) is 4.79 Å². The third kappa shape index (κ3) is 2.58. The van der Waals surface area contributed by atoms with Crippen LogP contribution < -0.4 is 0 Å². The van der Waals surface area contributed by atoms with Gasteiger partial charge in [-0.25, -0.2) is 0 Å². The van der Waals surface area contributed by atoms with Crippen molar-refractivity contribution in [1.82, 2.24) is 0 Å². The van der Waals surface area contributed by atoms with Gasteiger partial charge in [0.05, 0.1) is 13.0 Å². The molecule has 1 aliphatic rings. The third-order valence-corrected chi connectivity index (χ3v) is 2.75. The molecule has 0 fully saturated rings. The summed E-state index contributed by atoms with van der Waals surface area (Å²) in [6, 6.07) is 0. The fraction of sp³-hybridized carbons (Fsp3) is 0.727. The molecule has 0 radical (unpaired) electrons. The Morgan fingerprint density at radius 1 is 1.54 bits per heavy atom. The molecule has 0 aliphatic heterocycles. The number of hydrogen-bond donors (Lipinski definition) is 0. The number of ether oxygens (including phenoxy) is 1. The van der Waals surface area contributed by atoms with Gasteiger partial charge in [-0.15, -0.1) is 0 Å². The number of carbonyl (C=O) groups is 1. The Balaban J connectivity index is 2.55. The van der Waals surface area contributed by atoms with Gasteiger partial charge in [-0.2, -0.15) is 0 Å². The van der Waals surface area contributed by atoms with Crippen LogP contribution in [-0.4, -0.2) is 13.1 Å². The Morgan fingerprint density at radius 3 is 2.77 bits per heavy atom. The highest BCUT2D eigenvalue weighted by Crippen LogP contribution is 2.29. The zero-order valence-corrected chi connectivity index (χ0v) is 8.62. The molecule has 0 aromatic heterocycles. The van der Waals surface area contributed by atoms with Gasteiger partial charge in [0.1, 0.15) is 0 Å². The minimum absolute atomic E-state index is 0.0602. The zero-order valence-electron chi connectivity index (χ0n) is 8.62. The quantitative estimate of drug-likeness (QED) is 0.484. The van der Waals surface area contributed by atoms with Crippen LogP contribution in [0.4, 0.5) is 0 Å². The monoisotopic (exact) mass is 182 g/mol. The second-order valence-corrected chi connectivity index (χ2v) is 4.03. The Labute approximate surface area is 80.0 Å². The van der Waals surface area contributed by atoms with Crippen LogP contribution in [-0.2, 0) is 9.53 Å². The number of esters is 1. The van der Waals surface area contributed by atoms with Crippen LogP contribution in [0.1, 0.15) is 26.7 Å². The summed E-state index contributed by atoms with van der Waals surface area (Å²) in [5, 5.41) is 0. The van der Waals surface area contributed by atoms with E-state index in [1.165, 1.54) is 7.11 Å². The van der Waals surface area contributed by atoms with Gasteiger partial charge >= 0.3 is 5.97 Å². The van der Waals surface area contributed by atoms with Crippen LogP contribution >= 0.6 is 0 Å². The number of rotatable bonds is 2. The molecule has 2 heteroatoms. The Hall–Kier alpha value is -0.790. The first-order chi connectivity index (χ1) is 6.15. The van der Waals surface area contributed by atoms with Crippen LogP contribution in [0.5, 0.6) is 0 Å². The van der Waals surface area contributed by atoms with Crippen molar-refractivity contribution < 1.29 is 9.53 Å². The average molecular weight is 182 g/mol. The maximum atomic E-state index is 11.3. The first kappa shape index (κ1) is 10.3. The van der Waals surface area contributed by atoms with E-state index in [-0.39, 0.29) is 11.9 Å². The van der Waals surface area contributed by atoms with Crippen molar-refractivity contribution in [1.29, 1.82) is 0 Å². The van der Waals surface area contributed by atoms with Crippen molar-refractivity contribution in [2.45, 2.75) is 26.7 Å². The molecule has 0 aromatic carbocycles. The zero-order chi connectivity index (χ0) is 9.84. The smallest absolute Gasteiger partial charge is 0.308 e. The minimum atomic E-state index is -0.0602. The molecule has 0 bridgehead atoms. The molecule has 1 aliphatic carbocycles. The van der Waals surface area contributed by atoms with E-state index >= 15 is 0 Å². The van der Waals surface area contributed by atoms with Crippen LogP contribution in [0.2, 0.25) is 0 Å². The predicted octanol–water partition coefficient (Wildman–Crippen LogP) is 2.40. The minimum Gasteiger partial charge on any atom is -0.469 e. The Bertz CT molecular complexity index is 206. The maximum Gasteiger partial charge on any atom is 0.308 e. The van der Waals surface area contributed by atoms with Gasteiger partial charge in [0.25, 0.3) is 0 Å². The first-order valence-electron chi connectivity index (χ1n) is 4.89. The Morgan fingerprint density at radius 2 is 2.23 bits per heavy atom. The molecule has 0 saturated carbocycles. The van der Waals surface area contributed by atoms with E-state index in [1.54, 1.807) is 0 Å². The van der Waals surface area contributed by atoms with Crippen molar-refractivity contribution in [3.63, 3.8) is 0 Å². The van der Waals surface area contributed by atoms with E-state index in [9.17, 15) is 4.79 Å². The lowest BCUT2D eigenvalue weighted by Crippen LogP contribution is -2.23. The molecule has 0 unspecified atom stereocenters. The van der Waals surface area contributed by atoms with Gasteiger partial charge in [-0.05, 0) is 24.7 Å². The van der Waals surface area contributed by atoms with Crippen molar-refractivity contribution >= 4 is 5.97 Å². The molecule has 0 amide bonds. The molecule has 2 atom stereocenters. The molecule has 0 spiro atoms. The van der Waals surface area contributed by atoms with Crippen LogP contribution in [0.3, 0.4) is 0 Å². The summed E-state index contributed by atoms with van der Waals surface area (Å²) in [6.45, 7) is 4.38. The summed E-state index contributed by atoms with van der Waals surface area (Å²) < 4.78 is 4.74. The topological polar surface area (TPSA) is 26.3 Å². The van der Waals surface area contributed by atoms with Crippen molar-refractivity contribution in [3.05, 3.63) is 12.2 Å². The van der Waals surface area contributed by atoms with Crippen molar-refractivity contribution in [2.75, 3.05) is 7.11 Å². The normalized spacial score (nSPS) is 27.7. The first-order valence-corrected chi connectivity index (χ1v) is 4.89. The molecule has 0 saturated heterocycles. The highest BCUT2D eigenvalue weighted by molar-refractivity contribution is 5.72. The van der Waals surface area contributed by atoms with E-state index < -0.39 is 0 Å². The summed E-state index contributed by atoms with van der Waals surface area (Å²) in [4.78, 5) is 11.3. The molecular weight excluding hydrogens is 164 g/mol. The summed E-state index contributed by atoms with van der Waals surface area (Å²) in [7, 11) is 1.46. The summed E-state index contributed by atoms with van der Waals surface area (Å²) in [6.07, 6.45) is 6.12. The van der Waals surface area contributed by atoms with E-state index in [2.05, 4.69) is 26.0 Å². The Kier molecular flexibility index (Phi) is 3.52. The highest BCUT2D eigenvalue weighted by Gasteiger charge is 2.25. The van der Waals surface area contributed by atoms with E-state index in [4.69, 9.17) is 4.74 Å². The lowest BCUT2D eigenvalue weighted by atomic mass is 9.81. The molecular formula is C11H18O2. The lowest BCUT2D eigenvalue weighted by molar-refractivity contribution is -0.146. The highest BCUT2D eigenvalue weighted by atomic mass is 16.5. The summed E-state index contributed by atoms with van der Waals surface area (Å²) in [5.41, 5.74) is 0. The molecule has 0 N–H and O–H groups in total. The maximum absolute atomic E-state index is 11.3. The number of carbonyl (C=O) groups excluding carboxylic acids is 1. The average Bonchev–Trinajstić information content (AvgIpc) is 2.17. The second kappa shape index (κ2) is 4.45.